The Kier molecular flexibility index (Phi) is 4.81. The molecule has 0 bridgehead atoms. The molecule has 0 spiro atoms. The van der Waals surface area contributed by atoms with Crippen molar-refractivity contribution >= 4 is 29.5 Å². The second-order valence-corrected chi connectivity index (χ2v) is 4.50. The molecule has 1 N–H and O–H groups in total. The first-order chi connectivity index (χ1) is 6.72. The fourth-order valence-electron chi connectivity index (χ4n) is 0.672. The summed E-state index contributed by atoms with van der Waals surface area (Å²) in [5.41, 5.74) is 0. The molecular formula is C7H10N2O3S2. The van der Waals surface area contributed by atoms with Crippen molar-refractivity contribution < 1.29 is 14.4 Å². The number of rotatable bonds is 6. The Morgan fingerprint density at radius 1 is 1.64 bits per heavy atom. The van der Waals surface area contributed by atoms with Gasteiger partial charge in [0.2, 0.25) is 0 Å². The van der Waals surface area contributed by atoms with Crippen LogP contribution in [0.5, 0.6) is 0 Å². The van der Waals surface area contributed by atoms with Crippen LogP contribution in [-0.2, 0) is 10.5 Å². The molecule has 1 heterocycles. The highest BCUT2D eigenvalue weighted by Gasteiger charge is 2.08. The van der Waals surface area contributed by atoms with Gasteiger partial charge in [-0.1, -0.05) is 23.8 Å². The molecule has 5 nitrogen and oxygen atoms in total. The molecule has 0 fully saturated rings. The fraction of sp³-hybridized carbons (Fsp3) is 0.571. The number of hydrogen-bond donors (Lipinski definition) is 1. The van der Waals surface area contributed by atoms with Gasteiger partial charge in [-0.05, 0) is 5.75 Å². The van der Waals surface area contributed by atoms with Crippen molar-refractivity contribution in [2.75, 3.05) is 11.5 Å². The first-order valence-electron chi connectivity index (χ1n) is 3.97. The van der Waals surface area contributed by atoms with Crippen LogP contribution in [-0.4, -0.2) is 32.7 Å². The van der Waals surface area contributed by atoms with E-state index in [-0.39, 0.29) is 5.75 Å². The van der Waals surface area contributed by atoms with E-state index in [1.165, 1.54) is 0 Å². The lowest BCUT2D eigenvalue weighted by Crippen LogP contribution is -1.97. The molecule has 0 atom stereocenters. The Morgan fingerprint density at radius 2 is 2.43 bits per heavy atom. The third kappa shape index (κ3) is 4.01. The lowest BCUT2D eigenvalue weighted by molar-refractivity contribution is -0.133. The van der Waals surface area contributed by atoms with E-state index in [9.17, 15) is 4.79 Å². The molecule has 0 saturated heterocycles. The van der Waals surface area contributed by atoms with Gasteiger partial charge >= 0.3 is 5.97 Å². The molecule has 0 saturated carbocycles. The first kappa shape index (κ1) is 11.4. The zero-order valence-electron chi connectivity index (χ0n) is 7.60. The highest BCUT2D eigenvalue weighted by atomic mass is 32.2. The molecular weight excluding hydrogens is 224 g/mol. The smallest absolute Gasteiger partial charge is 0.314 e. The van der Waals surface area contributed by atoms with E-state index in [4.69, 9.17) is 9.63 Å². The SMILES string of the molecule is CCSCc1noc(SCC(=O)O)n1. The molecule has 0 aliphatic rings. The molecule has 0 amide bonds. The van der Waals surface area contributed by atoms with Crippen molar-refractivity contribution in [3.63, 3.8) is 0 Å². The van der Waals surface area contributed by atoms with Crippen molar-refractivity contribution in [3.05, 3.63) is 5.82 Å². The monoisotopic (exact) mass is 234 g/mol. The predicted octanol–water partition coefficient (Wildman–Crippen LogP) is 1.50. The minimum absolute atomic E-state index is 0.0530. The summed E-state index contributed by atoms with van der Waals surface area (Å²) in [6.07, 6.45) is 0. The van der Waals surface area contributed by atoms with Crippen LogP contribution in [0, 0.1) is 0 Å². The number of hydrogen-bond acceptors (Lipinski definition) is 6. The average Bonchev–Trinajstić information content (AvgIpc) is 2.59. The lowest BCUT2D eigenvalue weighted by Gasteiger charge is -1.88. The number of nitrogens with zero attached hydrogens (tertiary/aromatic N) is 2. The van der Waals surface area contributed by atoms with E-state index >= 15 is 0 Å². The molecule has 1 aromatic rings. The van der Waals surface area contributed by atoms with E-state index in [1.54, 1.807) is 11.8 Å². The van der Waals surface area contributed by atoms with E-state index in [0.29, 0.717) is 16.8 Å². The fourth-order valence-corrected chi connectivity index (χ4v) is 1.68. The maximum Gasteiger partial charge on any atom is 0.314 e. The molecule has 0 aromatic carbocycles. The van der Waals surface area contributed by atoms with Crippen molar-refractivity contribution in [2.45, 2.75) is 17.9 Å². The van der Waals surface area contributed by atoms with Crippen molar-refractivity contribution in [2.24, 2.45) is 0 Å². The van der Waals surface area contributed by atoms with Gasteiger partial charge in [0.15, 0.2) is 5.82 Å². The van der Waals surface area contributed by atoms with E-state index < -0.39 is 5.97 Å². The summed E-state index contributed by atoms with van der Waals surface area (Å²) in [7, 11) is 0. The Morgan fingerprint density at radius 3 is 3.07 bits per heavy atom. The largest absolute Gasteiger partial charge is 0.481 e. The van der Waals surface area contributed by atoms with E-state index in [2.05, 4.69) is 10.1 Å². The van der Waals surface area contributed by atoms with Gasteiger partial charge in [0, 0.05) is 0 Å². The molecule has 14 heavy (non-hydrogen) atoms. The van der Waals surface area contributed by atoms with Crippen LogP contribution in [0.1, 0.15) is 12.7 Å². The second-order valence-electron chi connectivity index (χ2n) is 2.30. The standard InChI is InChI=1S/C7H10N2O3S2/c1-2-13-3-5-8-7(12-9-5)14-4-6(10)11/h2-4H2,1H3,(H,10,11). The Hall–Kier alpha value is -0.690. The van der Waals surface area contributed by atoms with Gasteiger partial charge in [-0.3, -0.25) is 4.79 Å². The number of aliphatic carboxylic acids is 1. The van der Waals surface area contributed by atoms with Crippen molar-refractivity contribution in [1.29, 1.82) is 0 Å². The zero-order valence-corrected chi connectivity index (χ0v) is 9.23. The van der Waals surface area contributed by atoms with Crippen LogP contribution < -0.4 is 0 Å². The number of carboxylic acids is 1. The third-order valence-electron chi connectivity index (χ3n) is 1.20. The second kappa shape index (κ2) is 5.92. The third-order valence-corrected chi connectivity index (χ3v) is 2.88. The van der Waals surface area contributed by atoms with Gasteiger partial charge in [-0.25, -0.2) is 0 Å². The highest BCUT2D eigenvalue weighted by Crippen LogP contribution is 2.16. The van der Waals surface area contributed by atoms with Crippen LogP contribution in [0.25, 0.3) is 0 Å². The maximum absolute atomic E-state index is 10.2. The first-order valence-corrected chi connectivity index (χ1v) is 6.11. The van der Waals surface area contributed by atoms with Crippen LogP contribution >= 0.6 is 23.5 Å². The van der Waals surface area contributed by atoms with Gasteiger partial charge in [0.1, 0.15) is 5.75 Å². The lowest BCUT2D eigenvalue weighted by atomic mass is 10.7. The van der Waals surface area contributed by atoms with Crippen LogP contribution in [0.4, 0.5) is 0 Å². The maximum atomic E-state index is 10.2. The topological polar surface area (TPSA) is 76.2 Å². The van der Waals surface area contributed by atoms with Gasteiger partial charge in [-0.2, -0.15) is 16.7 Å². The average molecular weight is 234 g/mol. The Bertz CT molecular complexity index is 303. The summed E-state index contributed by atoms with van der Waals surface area (Å²) in [6, 6.07) is 0. The van der Waals surface area contributed by atoms with Gasteiger partial charge in [0.25, 0.3) is 5.22 Å². The summed E-state index contributed by atoms with van der Waals surface area (Å²) in [4.78, 5) is 14.3. The van der Waals surface area contributed by atoms with Gasteiger partial charge < -0.3 is 9.63 Å². The van der Waals surface area contributed by atoms with E-state index in [0.717, 1.165) is 17.5 Å². The minimum Gasteiger partial charge on any atom is -0.481 e. The van der Waals surface area contributed by atoms with Gasteiger partial charge in [0.05, 0.1) is 5.75 Å². The Labute approximate surface area is 89.6 Å². The summed E-state index contributed by atoms with van der Waals surface area (Å²) in [6.45, 7) is 2.05. The van der Waals surface area contributed by atoms with Crippen molar-refractivity contribution in [3.8, 4) is 0 Å². The molecule has 78 valence electrons. The van der Waals surface area contributed by atoms with E-state index in [1.807, 2.05) is 6.92 Å². The normalized spacial score (nSPS) is 10.4. The van der Waals surface area contributed by atoms with Crippen LogP contribution in [0.3, 0.4) is 0 Å². The predicted molar refractivity (Wildman–Crippen MR) is 54.5 cm³/mol. The number of thioether (sulfide) groups is 2. The number of carboxylic acid groups (broad SMARTS) is 1. The summed E-state index contributed by atoms with van der Waals surface area (Å²) < 4.78 is 4.84. The summed E-state index contributed by atoms with van der Waals surface area (Å²) in [5.74, 6) is 1.37. The molecule has 7 heteroatoms. The molecule has 0 aliphatic heterocycles. The molecule has 0 aliphatic carbocycles. The number of aromatic nitrogens is 2. The quantitative estimate of drug-likeness (QED) is 0.747. The van der Waals surface area contributed by atoms with Gasteiger partial charge in [-0.15, -0.1) is 0 Å². The minimum atomic E-state index is -0.891. The Balaban J connectivity index is 2.38. The molecule has 1 rings (SSSR count). The van der Waals surface area contributed by atoms with Crippen LogP contribution in [0.2, 0.25) is 0 Å². The van der Waals surface area contributed by atoms with Crippen molar-refractivity contribution in [1.82, 2.24) is 10.1 Å². The summed E-state index contributed by atoms with van der Waals surface area (Å²) in [5, 5.41) is 12.4. The highest BCUT2D eigenvalue weighted by molar-refractivity contribution is 7.99. The van der Waals surface area contributed by atoms with Crippen LogP contribution in [0.15, 0.2) is 9.75 Å². The number of carbonyl (C=O) groups is 1. The summed E-state index contributed by atoms with van der Waals surface area (Å²) >= 11 is 2.72. The molecule has 0 unspecified atom stereocenters. The zero-order chi connectivity index (χ0) is 10.4. The molecule has 0 radical (unpaired) electrons. The molecule has 1 aromatic heterocycles.